The zero-order chi connectivity index (χ0) is 60.5. The minimum Gasteiger partial charge on any atom is -0.444 e. The van der Waals surface area contributed by atoms with Crippen LogP contribution >= 0.6 is 0 Å². The van der Waals surface area contributed by atoms with Crippen LogP contribution in [0.2, 0.25) is 0 Å². The van der Waals surface area contributed by atoms with Gasteiger partial charge in [0, 0.05) is 59.5 Å². The lowest BCUT2D eigenvalue weighted by atomic mass is 9.96. The number of halogens is 2. The predicted molar refractivity (Wildman–Crippen MR) is 321 cm³/mol. The lowest BCUT2D eigenvalue weighted by Gasteiger charge is -2.44. The number of alkyl carbamates (subject to hydrolysis) is 1. The summed E-state index contributed by atoms with van der Waals surface area (Å²) in [5.74, 6) is -1.75. The van der Waals surface area contributed by atoms with E-state index in [-0.39, 0.29) is 67.8 Å². The van der Waals surface area contributed by atoms with Crippen molar-refractivity contribution in [2.75, 3.05) is 40.3 Å². The molecule has 7 amide bonds. The van der Waals surface area contributed by atoms with Gasteiger partial charge in [-0.1, -0.05) is 135 Å². The van der Waals surface area contributed by atoms with Crippen molar-refractivity contribution in [1.82, 2.24) is 35.6 Å². The number of rotatable bonds is 19. The first-order valence-electron chi connectivity index (χ1n) is 29.6. The molecule has 5 N–H and O–H groups in total. The van der Waals surface area contributed by atoms with Crippen molar-refractivity contribution in [3.05, 3.63) is 167 Å². The van der Waals surface area contributed by atoms with Crippen molar-refractivity contribution in [3.63, 3.8) is 0 Å². The Balaban J connectivity index is 0.000000206. The summed E-state index contributed by atoms with van der Waals surface area (Å²) in [5, 5.41) is 12.5. The van der Waals surface area contributed by atoms with Gasteiger partial charge in [0.1, 0.15) is 47.4 Å². The van der Waals surface area contributed by atoms with Crippen molar-refractivity contribution >= 4 is 63.1 Å². The molecule has 2 aliphatic carbocycles. The Bertz CT molecular complexity index is 3390. The highest BCUT2D eigenvalue weighted by Crippen LogP contribution is 2.38. The molecule has 0 spiro atoms. The Hall–Kier alpha value is -8.25. The number of nitrogens with one attached hydrogen (secondary N) is 3. The summed E-state index contributed by atoms with van der Waals surface area (Å²) < 4.78 is 32.4. The number of ether oxygens (including phenoxy) is 1. The highest BCUT2D eigenvalue weighted by molar-refractivity contribution is 5.96. The van der Waals surface area contributed by atoms with Gasteiger partial charge in [-0.3, -0.25) is 28.8 Å². The Labute approximate surface area is 495 Å². The summed E-state index contributed by atoms with van der Waals surface area (Å²) in [6.07, 6.45) is 5.34. The maximum absolute atomic E-state index is 14.3. The van der Waals surface area contributed by atoms with Crippen LogP contribution in [0.15, 0.2) is 133 Å². The van der Waals surface area contributed by atoms with Crippen molar-refractivity contribution in [2.45, 2.75) is 127 Å². The van der Waals surface area contributed by atoms with Crippen LogP contribution in [-0.2, 0) is 59.2 Å². The molecule has 0 bridgehead atoms. The van der Waals surface area contributed by atoms with Crippen LogP contribution < -0.4 is 21.7 Å². The maximum Gasteiger partial charge on any atom is 0.408 e. The normalized spacial score (nSPS) is 18.6. The van der Waals surface area contributed by atoms with E-state index in [9.17, 15) is 42.3 Å². The number of piperazine rings is 2. The van der Waals surface area contributed by atoms with Gasteiger partial charge in [-0.2, -0.15) is 0 Å². The SMILES string of the molecule is CNC(=O)[C@H](Cc1ccc2ccccc2c1)N1CCN(C(=O)[C@@H](Cc2ccc(F)cc2)NC(=O)OC(C)(C)C)[C@@H](CC2CC2)C1=O.CNC(=O)[C@H](Cc1ccc2ccccc2c1)N1CCN(C(=O)[C@H](N)Cc2ccc(F)cc2)[C@@H](CC2CC2)C1=O. The fraction of sp³-hybridized carbons (Fsp3) is 0.418. The number of benzene rings is 6. The molecule has 2 saturated heterocycles. The molecular formula is C67H78F2N8O8. The van der Waals surface area contributed by atoms with E-state index in [2.05, 4.69) is 22.0 Å². The number of hydrogen-bond acceptors (Lipinski definition) is 9. The zero-order valence-electron chi connectivity index (χ0n) is 49.1. The molecule has 0 aromatic heterocycles. The summed E-state index contributed by atoms with van der Waals surface area (Å²) in [6, 6.07) is 35.0. The molecule has 18 heteroatoms. The quantitative estimate of drug-likeness (QED) is 0.0628. The van der Waals surface area contributed by atoms with E-state index in [0.717, 1.165) is 63.9 Å². The second kappa shape index (κ2) is 27.2. The van der Waals surface area contributed by atoms with Crippen molar-refractivity contribution in [2.24, 2.45) is 17.6 Å². The fourth-order valence-corrected chi connectivity index (χ4v) is 11.6. The van der Waals surface area contributed by atoms with Gasteiger partial charge < -0.3 is 46.0 Å². The van der Waals surface area contributed by atoms with Crippen LogP contribution in [0.25, 0.3) is 21.5 Å². The number of likely N-dealkylation sites (N-methyl/N-ethyl adjacent to an activating group) is 2. The van der Waals surface area contributed by atoms with Crippen LogP contribution in [-0.4, -0.2) is 143 Å². The molecule has 2 aliphatic heterocycles. The molecule has 10 rings (SSSR count). The van der Waals surface area contributed by atoms with Gasteiger partial charge in [-0.05, 0) is 120 Å². The van der Waals surface area contributed by atoms with Crippen molar-refractivity contribution in [1.29, 1.82) is 0 Å². The number of amides is 7. The molecular weight excluding hydrogens is 1080 g/mol. The lowest BCUT2D eigenvalue weighted by molar-refractivity contribution is -0.157. The van der Waals surface area contributed by atoms with E-state index in [1.807, 2.05) is 78.9 Å². The molecule has 0 radical (unpaired) electrons. The number of carbonyl (C=O) groups excluding carboxylic acids is 7. The van der Waals surface area contributed by atoms with Crippen LogP contribution in [0, 0.1) is 23.5 Å². The first-order valence-corrected chi connectivity index (χ1v) is 29.6. The Morgan fingerprint density at radius 2 is 0.941 bits per heavy atom. The molecule has 6 atom stereocenters. The van der Waals surface area contributed by atoms with Crippen LogP contribution in [0.5, 0.6) is 0 Å². The highest BCUT2D eigenvalue weighted by atomic mass is 19.1. The number of carbonyl (C=O) groups is 7. The third-order valence-electron chi connectivity index (χ3n) is 16.5. The molecule has 6 aromatic carbocycles. The van der Waals surface area contributed by atoms with Gasteiger partial charge in [0.2, 0.25) is 35.4 Å². The monoisotopic (exact) mass is 1160 g/mol. The van der Waals surface area contributed by atoms with Crippen LogP contribution in [0.3, 0.4) is 0 Å². The summed E-state index contributed by atoms with van der Waals surface area (Å²) in [7, 11) is 3.14. The average Bonchev–Trinajstić information content (AvgIpc) is 2.11. The van der Waals surface area contributed by atoms with E-state index in [0.29, 0.717) is 49.6 Å². The number of nitrogens with two attached hydrogens (primary N) is 1. The summed E-state index contributed by atoms with van der Waals surface area (Å²) in [4.78, 5) is 102. The number of hydrogen-bond donors (Lipinski definition) is 4. The third-order valence-corrected chi connectivity index (χ3v) is 16.5. The summed E-state index contributed by atoms with van der Waals surface area (Å²) in [6.45, 7) is 6.11. The predicted octanol–water partition coefficient (Wildman–Crippen LogP) is 7.66. The van der Waals surface area contributed by atoms with Gasteiger partial charge in [0.05, 0.1) is 6.04 Å². The molecule has 16 nitrogen and oxygen atoms in total. The highest BCUT2D eigenvalue weighted by Gasteiger charge is 2.47. The first kappa shape index (κ1) is 61.3. The number of nitrogens with zero attached hydrogens (tertiary/aromatic N) is 4. The van der Waals surface area contributed by atoms with E-state index in [4.69, 9.17) is 10.5 Å². The molecule has 4 aliphatic rings. The van der Waals surface area contributed by atoms with Crippen molar-refractivity contribution in [3.8, 4) is 0 Å². The Kier molecular flexibility index (Phi) is 19.6. The second-order valence-electron chi connectivity index (χ2n) is 24.0. The number of fused-ring (bicyclic) bond motifs is 2. The van der Waals surface area contributed by atoms with E-state index in [1.54, 1.807) is 78.7 Å². The Morgan fingerprint density at radius 3 is 1.35 bits per heavy atom. The van der Waals surface area contributed by atoms with Gasteiger partial charge in [0.15, 0.2) is 0 Å². The van der Waals surface area contributed by atoms with E-state index >= 15 is 0 Å². The second-order valence-corrected chi connectivity index (χ2v) is 24.0. The van der Waals surface area contributed by atoms with Crippen LogP contribution in [0.1, 0.15) is 81.5 Å². The van der Waals surface area contributed by atoms with Gasteiger partial charge in [-0.15, -0.1) is 0 Å². The molecule has 2 saturated carbocycles. The van der Waals surface area contributed by atoms with Crippen molar-refractivity contribution < 1.29 is 47.1 Å². The standard InChI is InChI=1S/C36H43FN4O5.C31H35FN4O3/c1-36(2,3)46-35(45)39-29(20-23-12-15-28(37)16-13-23)33(43)41-18-17-40(34(44)31(41)21-24-9-10-24)30(32(42)38-4)22-25-11-14-26-7-5-6-8-27(26)19-25;1-34-29(37)27(19-22-8-11-23-4-2-3-5-24(23)16-22)35-14-15-36(28(31(35)39)18-21-6-7-21)30(38)26(33)17-20-9-12-25(32)13-10-20/h5-8,11-16,19,24,29-31H,9-10,17-18,20-22H2,1-4H3,(H,38,42)(H,39,45);2-5,8-13,16,21,26-28H,6-7,14-15,17-19,33H2,1H3,(H,34,37)/t29-,30+,31+;26-,27+,28+/m11/s1. The third kappa shape index (κ3) is 15.9. The smallest absolute Gasteiger partial charge is 0.408 e. The van der Waals surface area contributed by atoms with E-state index < -0.39 is 59.7 Å². The molecule has 85 heavy (non-hydrogen) atoms. The molecule has 448 valence electrons. The van der Waals surface area contributed by atoms with Gasteiger partial charge >= 0.3 is 6.09 Å². The summed E-state index contributed by atoms with van der Waals surface area (Å²) >= 11 is 0. The van der Waals surface area contributed by atoms with Gasteiger partial charge in [0.25, 0.3) is 0 Å². The molecule has 2 heterocycles. The summed E-state index contributed by atoms with van der Waals surface area (Å²) in [5.41, 5.74) is 8.83. The Morgan fingerprint density at radius 1 is 0.541 bits per heavy atom. The fourth-order valence-electron chi connectivity index (χ4n) is 11.6. The largest absolute Gasteiger partial charge is 0.444 e. The van der Waals surface area contributed by atoms with E-state index in [1.165, 1.54) is 24.3 Å². The minimum atomic E-state index is -1.05. The van der Waals surface area contributed by atoms with Crippen LogP contribution in [0.4, 0.5) is 13.6 Å². The first-order chi connectivity index (χ1) is 40.7. The topological polar surface area (TPSA) is 204 Å². The lowest BCUT2D eigenvalue weighted by Crippen LogP contribution is -2.65. The minimum absolute atomic E-state index is 0.0890. The average molecular weight is 1160 g/mol. The van der Waals surface area contributed by atoms with Gasteiger partial charge in [-0.25, -0.2) is 13.6 Å². The maximum atomic E-state index is 14.3. The molecule has 6 aromatic rings. The molecule has 4 fully saturated rings. The zero-order valence-corrected chi connectivity index (χ0v) is 49.1. The molecule has 0 unspecified atom stereocenters.